The first-order chi connectivity index (χ1) is 14.6. The van der Waals surface area contributed by atoms with Crippen molar-refractivity contribution >= 4 is 28.3 Å². The van der Waals surface area contributed by atoms with Crippen LogP contribution >= 0.6 is 28.3 Å². The van der Waals surface area contributed by atoms with Crippen LogP contribution in [0, 0.1) is 0 Å². The van der Waals surface area contributed by atoms with Crippen molar-refractivity contribution in [3.8, 4) is 23.0 Å². The zero-order valence-corrected chi connectivity index (χ0v) is 20.4. The highest BCUT2D eigenvalue weighted by Crippen LogP contribution is 2.38. The van der Waals surface area contributed by atoms with Gasteiger partial charge in [0.1, 0.15) is 12.7 Å². The Hall–Kier alpha value is -1.67. The van der Waals surface area contributed by atoms with Gasteiger partial charge in [-0.2, -0.15) is 0 Å². The van der Waals surface area contributed by atoms with Crippen LogP contribution in [-0.2, 0) is 6.54 Å². The minimum atomic E-state index is -0.805. The van der Waals surface area contributed by atoms with Crippen molar-refractivity contribution in [1.29, 1.82) is 0 Å². The van der Waals surface area contributed by atoms with E-state index in [1.807, 2.05) is 18.2 Å². The Morgan fingerprint density at radius 2 is 1.94 bits per heavy atom. The van der Waals surface area contributed by atoms with Gasteiger partial charge in [-0.15, -0.1) is 12.4 Å². The van der Waals surface area contributed by atoms with E-state index < -0.39 is 6.10 Å². The van der Waals surface area contributed by atoms with Crippen molar-refractivity contribution < 1.29 is 24.1 Å². The Balaban J connectivity index is 0.00000341. The van der Waals surface area contributed by atoms with E-state index in [-0.39, 0.29) is 25.8 Å². The molecule has 1 heterocycles. The molecule has 31 heavy (non-hydrogen) atoms. The summed E-state index contributed by atoms with van der Waals surface area (Å²) in [5.74, 6) is 2.52. The summed E-state index contributed by atoms with van der Waals surface area (Å²) in [6, 6.07) is 9.36. The molecule has 1 aliphatic rings. The largest absolute Gasteiger partial charge is 0.493 e. The van der Waals surface area contributed by atoms with Gasteiger partial charge in [-0.1, -0.05) is 32.3 Å². The molecule has 2 aromatic carbocycles. The van der Waals surface area contributed by atoms with Gasteiger partial charge in [-0.05, 0) is 64.3 Å². The molecule has 3 rings (SSSR count). The summed E-state index contributed by atoms with van der Waals surface area (Å²) in [6.45, 7) is 4.27. The highest BCUT2D eigenvalue weighted by Gasteiger charge is 2.19. The lowest BCUT2D eigenvalue weighted by Gasteiger charge is -2.17. The molecule has 0 amide bonds. The molecule has 0 saturated heterocycles. The second kappa shape index (κ2) is 13.0. The van der Waals surface area contributed by atoms with Crippen LogP contribution in [0.3, 0.4) is 0 Å². The van der Waals surface area contributed by atoms with Crippen molar-refractivity contribution in [3.63, 3.8) is 0 Å². The van der Waals surface area contributed by atoms with Crippen LogP contribution in [0.2, 0.25) is 0 Å². The molecule has 1 unspecified atom stereocenters. The van der Waals surface area contributed by atoms with E-state index in [0.29, 0.717) is 28.6 Å². The monoisotopic (exact) mass is 515 g/mol. The molecule has 0 fully saturated rings. The molecular formula is C23H31BrClNO5. The maximum absolute atomic E-state index is 10.5. The number of aliphatic hydroxyl groups excluding tert-OH is 1. The summed E-state index contributed by atoms with van der Waals surface area (Å²) in [5, 5.41) is 14.0. The van der Waals surface area contributed by atoms with Crippen LogP contribution in [0.5, 0.6) is 23.0 Å². The van der Waals surface area contributed by atoms with Gasteiger partial charge in [0.2, 0.25) is 6.79 Å². The van der Waals surface area contributed by atoms with Crippen molar-refractivity contribution in [2.75, 3.05) is 27.1 Å². The lowest BCUT2D eigenvalue weighted by molar-refractivity contribution is 0.105. The maximum Gasteiger partial charge on any atom is 0.231 e. The smallest absolute Gasteiger partial charge is 0.231 e. The zero-order chi connectivity index (χ0) is 21.3. The Morgan fingerprint density at radius 1 is 1.13 bits per heavy atom. The molecule has 8 heteroatoms. The summed E-state index contributed by atoms with van der Waals surface area (Å²) in [7, 11) is 1.62. The average molecular weight is 517 g/mol. The summed E-state index contributed by atoms with van der Waals surface area (Å²) >= 11 is 3.58. The molecule has 0 spiro atoms. The van der Waals surface area contributed by atoms with Crippen molar-refractivity contribution in [3.05, 3.63) is 45.9 Å². The second-order valence-corrected chi connectivity index (χ2v) is 8.14. The molecule has 0 radical (unpaired) electrons. The fourth-order valence-corrected chi connectivity index (χ4v) is 3.91. The quantitative estimate of drug-likeness (QED) is 0.369. The van der Waals surface area contributed by atoms with Gasteiger partial charge >= 0.3 is 0 Å². The molecule has 0 saturated carbocycles. The molecule has 1 atom stereocenters. The van der Waals surface area contributed by atoms with Crippen molar-refractivity contribution in [2.24, 2.45) is 0 Å². The third-order valence-corrected chi connectivity index (χ3v) is 5.58. The first kappa shape index (κ1) is 25.6. The van der Waals surface area contributed by atoms with E-state index in [9.17, 15) is 5.11 Å². The Morgan fingerprint density at radius 3 is 2.71 bits per heavy atom. The van der Waals surface area contributed by atoms with E-state index in [4.69, 9.17) is 18.9 Å². The molecule has 0 aromatic heterocycles. The van der Waals surface area contributed by atoms with E-state index in [2.05, 4.69) is 28.2 Å². The number of rotatable bonds is 12. The number of aliphatic hydroxyl groups is 1. The second-order valence-electron chi connectivity index (χ2n) is 7.29. The molecule has 6 nitrogen and oxygen atoms in total. The average Bonchev–Trinajstić information content (AvgIpc) is 3.22. The molecule has 1 aliphatic heterocycles. The topological polar surface area (TPSA) is 69.2 Å². The fraction of sp³-hybridized carbons (Fsp3) is 0.478. The molecule has 172 valence electrons. The van der Waals surface area contributed by atoms with Crippen LogP contribution in [-0.4, -0.2) is 32.2 Å². The molecule has 0 bridgehead atoms. The first-order valence-electron chi connectivity index (χ1n) is 10.4. The summed E-state index contributed by atoms with van der Waals surface area (Å²) in [5.41, 5.74) is 1.82. The van der Waals surface area contributed by atoms with Crippen LogP contribution < -0.4 is 24.3 Å². The molecule has 2 aromatic rings. The van der Waals surface area contributed by atoms with Gasteiger partial charge in [-0.3, -0.25) is 0 Å². The summed E-state index contributed by atoms with van der Waals surface area (Å²) in [6.07, 6.45) is 4.17. The van der Waals surface area contributed by atoms with Gasteiger partial charge in [-0.25, -0.2) is 0 Å². The predicted octanol–water partition coefficient (Wildman–Crippen LogP) is 5.39. The third-order valence-electron chi connectivity index (χ3n) is 4.99. The predicted molar refractivity (Wildman–Crippen MR) is 127 cm³/mol. The highest BCUT2D eigenvalue weighted by atomic mass is 79.9. The lowest BCUT2D eigenvalue weighted by Crippen LogP contribution is -2.15. The number of unbranched alkanes of at least 4 members (excludes halogenated alkanes) is 3. The highest BCUT2D eigenvalue weighted by molar-refractivity contribution is 9.10. The number of ether oxygens (including phenoxy) is 4. The van der Waals surface area contributed by atoms with E-state index >= 15 is 0 Å². The SMILES string of the molecule is CCCCCCNCc1cc(Br)c(OCC(O)c2ccc3c(c2)OCO3)c(OC)c1.Cl. The van der Waals surface area contributed by atoms with Crippen LogP contribution in [0.1, 0.15) is 49.8 Å². The molecule has 2 N–H and O–H groups in total. The number of methoxy groups -OCH3 is 1. The standard InChI is InChI=1S/C23H30BrNO5.ClH/c1-3-4-5-6-9-25-13-16-10-18(24)23(22(11-16)27-2)28-14-19(26)17-7-8-20-21(12-17)30-15-29-20;/h7-8,10-12,19,25-26H,3-6,9,13-15H2,1-2H3;1H. The van der Waals surface area contributed by atoms with Gasteiger partial charge in [0.15, 0.2) is 23.0 Å². The summed E-state index contributed by atoms with van der Waals surface area (Å²) in [4.78, 5) is 0. The third kappa shape index (κ3) is 7.17. The van der Waals surface area contributed by atoms with Crippen LogP contribution in [0.25, 0.3) is 0 Å². The molecule has 0 aliphatic carbocycles. The maximum atomic E-state index is 10.5. The van der Waals surface area contributed by atoms with Crippen molar-refractivity contribution in [2.45, 2.75) is 45.3 Å². The number of hydrogen-bond acceptors (Lipinski definition) is 6. The van der Waals surface area contributed by atoms with E-state index in [1.54, 1.807) is 19.2 Å². The van der Waals surface area contributed by atoms with Gasteiger partial charge < -0.3 is 29.4 Å². The minimum Gasteiger partial charge on any atom is -0.493 e. The number of nitrogens with one attached hydrogen (secondary N) is 1. The Labute approximate surface area is 198 Å². The number of hydrogen-bond donors (Lipinski definition) is 2. The van der Waals surface area contributed by atoms with Gasteiger partial charge in [0.05, 0.1) is 11.6 Å². The number of benzene rings is 2. The van der Waals surface area contributed by atoms with Gasteiger partial charge in [0, 0.05) is 6.54 Å². The minimum absolute atomic E-state index is 0. The number of fused-ring (bicyclic) bond motifs is 1. The number of halogens is 2. The normalized spacial score (nSPS) is 12.9. The summed E-state index contributed by atoms with van der Waals surface area (Å²) < 4.78 is 22.9. The first-order valence-corrected chi connectivity index (χ1v) is 11.2. The Bertz CT molecular complexity index is 836. The van der Waals surface area contributed by atoms with Crippen molar-refractivity contribution in [1.82, 2.24) is 5.32 Å². The van der Waals surface area contributed by atoms with Gasteiger partial charge in [0.25, 0.3) is 0 Å². The van der Waals surface area contributed by atoms with E-state index in [0.717, 1.165) is 23.1 Å². The Kier molecular flexibility index (Phi) is 10.7. The zero-order valence-electron chi connectivity index (χ0n) is 18.0. The lowest BCUT2D eigenvalue weighted by atomic mass is 10.1. The van der Waals surface area contributed by atoms with Crippen LogP contribution in [0.4, 0.5) is 0 Å². The fourth-order valence-electron chi connectivity index (χ4n) is 3.30. The molecular weight excluding hydrogens is 486 g/mol. The van der Waals surface area contributed by atoms with E-state index in [1.165, 1.54) is 25.7 Å². The van der Waals surface area contributed by atoms with Crippen LogP contribution in [0.15, 0.2) is 34.8 Å².